The van der Waals surface area contributed by atoms with Crippen molar-refractivity contribution in [3.05, 3.63) is 71.2 Å². The lowest BCUT2D eigenvalue weighted by molar-refractivity contribution is -0.141. The van der Waals surface area contributed by atoms with Crippen LogP contribution in [0.1, 0.15) is 30.4 Å². The van der Waals surface area contributed by atoms with Gasteiger partial charge in [0.2, 0.25) is 0 Å². The smallest absolute Gasteiger partial charge is 0.307 e. The Morgan fingerprint density at radius 3 is 2.67 bits per heavy atom. The van der Waals surface area contributed by atoms with Crippen molar-refractivity contribution >= 4 is 16.9 Å². The first-order valence-electron chi connectivity index (χ1n) is 10.9. The highest BCUT2D eigenvalue weighted by molar-refractivity contribution is 5.83. The van der Waals surface area contributed by atoms with Crippen molar-refractivity contribution in [1.29, 1.82) is 0 Å². The third kappa shape index (κ3) is 6.68. The quantitative estimate of drug-likeness (QED) is 0.376. The minimum Gasteiger partial charge on any atom is -0.497 e. The molecule has 0 amide bonds. The van der Waals surface area contributed by atoms with Gasteiger partial charge in [0.15, 0.2) is 0 Å². The molecule has 0 radical (unpaired) electrons. The number of carbonyl (C=O) groups is 1. The Hall–Kier alpha value is -3.13. The zero-order valence-corrected chi connectivity index (χ0v) is 18.4. The lowest BCUT2D eigenvalue weighted by atomic mass is 9.97. The number of nitrogens with zero attached hydrogens (tertiary/aromatic N) is 1. The highest BCUT2D eigenvalue weighted by Crippen LogP contribution is 2.26. The number of rotatable bonds is 12. The van der Waals surface area contributed by atoms with Gasteiger partial charge in [0.25, 0.3) is 0 Å². The largest absolute Gasteiger partial charge is 0.497 e. The molecule has 0 aliphatic carbocycles. The molecule has 1 heterocycles. The van der Waals surface area contributed by atoms with Crippen LogP contribution >= 0.6 is 0 Å². The van der Waals surface area contributed by atoms with E-state index in [-0.39, 0.29) is 6.54 Å². The third-order valence-corrected chi connectivity index (χ3v) is 5.66. The van der Waals surface area contributed by atoms with E-state index in [9.17, 15) is 23.1 Å². The molecule has 0 aliphatic rings. The molecule has 33 heavy (non-hydrogen) atoms. The fourth-order valence-corrected chi connectivity index (χ4v) is 3.84. The number of carboxylic acids is 1. The van der Waals surface area contributed by atoms with Crippen molar-refractivity contribution in [2.45, 2.75) is 32.1 Å². The van der Waals surface area contributed by atoms with Gasteiger partial charge in [-0.2, -0.15) is 0 Å². The number of benzene rings is 2. The van der Waals surface area contributed by atoms with Crippen LogP contribution in [0.3, 0.4) is 0 Å². The molecule has 0 saturated carbocycles. The van der Waals surface area contributed by atoms with Crippen LogP contribution in [0, 0.1) is 23.4 Å². The van der Waals surface area contributed by atoms with Crippen molar-refractivity contribution in [2.75, 3.05) is 20.2 Å². The van der Waals surface area contributed by atoms with Gasteiger partial charge in [-0.15, -0.1) is 0 Å². The Morgan fingerprint density at radius 1 is 1.09 bits per heavy atom. The number of halogens is 3. The molecule has 5 nitrogen and oxygen atoms in total. The number of aryl methyl sites for hydroxylation is 2. The Morgan fingerprint density at radius 2 is 1.91 bits per heavy atom. The standard InChI is InChI=1S/C25H27F3N2O3/c1-33-19-8-10-24-21(13-19)20(23(28)15-30-24)6-2-4-17(25(31)32)14-29-11-3-5-16-12-18(26)7-9-22(16)27/h7-10,12-13,15,17,29H,2-6,11,14H2,1H3,(H,31,32)/t17-/m0/s1. The molecular formula is C25H27F3N2O3. The maximum Gasteiger partial charge on any atom is 0.307 e. The number of hydrogen-bond acceptors (Lipinski definition) is 4. The second-order valence-electron chi connectivity index (χ2n) is 7.94. The normalized spacial score (nSPS) is 12.1. The van der Waals surface area contributed by atoms with Crippen molar-refractivity contribution in [3.8, 4) is 5.75 Å². The molecule has 0 aliphatic heterocycles. The summed E-state index contributed by atoms with van der Waals surface area (Å²) >= 11 is 0. The van der Waals surface area contributed by atoms with E-state index in [1.54, 1.807) is 18.2 Å². The molecule has 176 valence electrons. The number of methoxy groups -OCH3 is 1. The van der Waals surface area contributed by atoms with Gasteiger partial charge in [-0.1, -0.05) is 0 Å². The van der Waals surface area contributed by atoms with Crippen LogP contribution in [0.15, 0.2) is 42.6 Å². The van der Waals surface area contributed by atoms with Crippen LogP contribution in [0.4, 0.5) is 13.2 Å². The predicted molar refractivity (Wildman–Crippen MR) is 120 cm³/mol. The number of aromatic nitrogens is 1. The zero-order valence-electron chi connectivity index (χ0n) is 18.4. The first-order valence-corrected chi connectivity index (χ1v) is 10.9. The molecule has 8 heteroatoms. The number of nitrogens with one attached hydrogen (secondary N) is 1. The van der Waals surface area contributed by atoms with Crippen molar-refractivity contribution in [1.82, 2.24) is 10.3 Å². The van der Waals surface area contributed by atoms with E-state index in [0.29, 0.717) is 66.4 Å². The SMILES string of the molecule is COc1ccc2ncc(F)c(CCC[C@@H](CNCCCc3cc(F)ccc3F)C(=O)O)c2c1. The molecule has 1 atom stereocenters. The van der Waals surface area contributed by atoms with E-state index in [2.05, 4.69) is 10.3 Å². The Bertz CT molecular complexity index is 1110. The summed E-state index contributed by atoms with van der Waals surface area (Å²) in [5.74, 6) is -2.33. The third-order valence-electron chi connectivity index (χ3n) is 5.66. The van der Waals surface area contributed by atoms with Gasteiger partial charge >= 0.3 is 5.97 Å². The molecule has 0 saturated heterocycles. The molecule has 0 bridgehead atoms. The predicted octanol–water partition coefficient (Wildman–Crippen LogP) is 4.91. The summed E-state index contributed by atoms with van der Waals surface area (Å²) in [6.45, 7) is 0.720. The van der Waals surface area contributed by atoms with Crippen LogP contribution in [0.2, 0.25) is 0 Å². The van der Waals surface area contributed by atoms with Crippen LogP contribution < -0.4 is 10.1 Å². The van der Waals surface area contributed by atoms with Crippen LogP contribution in [0.25, 0.3) is 10.9 Å². The topological polar surface area (TPSA) is 71.5 Å². The Labute approximate surface area is 190 Å². The minimum atomic E-state index is -0.930. The van der Waals surface area contributed by atoms with E-state index in [1.165, 1.54) is 19.4 Å². The molecule has 2 N–H and O–H groups in total. The lowest BCUT2D eigenvalue weighted by Crippen LogP contribution is -2.29. The fraction of sp³-hybridized carbons (Fsp3) is 0.360. The maximum atomic E-state index is 14.4. The monoisotopic (exact) mass is 460 g/mol. The second kappa shape index (κ2) is 11.7. The van der Waals surface area contributed by atoms with Crippen molar-refractivity contribution in [2.24, 2.45) is 5.92 Å². The number of carboxylic acid groups (broad SMARTS) is 1. The molecule has 0 fully saturated rings. The average molecular weight is 460 g/mol. The Balaban J connectivity index is 1.50. The minimum absolute atomic E-state index is 0.244. The van der Waals surface area contributed by atoms with Gasteiger partial charge in [0, 0.05) is 11.9 Å². The summed E-state index contributed by atoms with van der Waals surface area (Å²) in [5.41, 5.74) is 1.45. The molecule has 3 aromatic rings. The first kappa shape index (κ1) is 24.5. The van der Waals surface area contributed by atoms with E-state index in [0.717, 1.165) is 12.1 Å². The number of hydrogen-bond donors (Lipinski definition) is 2. The maximum absolute atomic E-state index is 14.4. The van der Waals surface area contributed by atoms with Gasteiger partial charge < -0.3 is 15.2 Å². The molecule has 0 unspecified atom stereocenters. The zero-order chi connectivity index (χ0) is 23.8. The molecule has 3 rings (SSSR count). The van der Waals surface area contributed by atoms with E-state index in [4.69, 9.17) is 4.74 Å². The van der Waals surface area contributed by atoms with Gasteiger partial charge in [-0.05, 0) is 86.2 Å². The summed E-state index contributed by atoms with van der Waals surface area (Å²) in [5, 5.41) is 13.3. The highest BCUT2D eigenvalue weighted by atomic mass is 19.1. The molecule has 1 aromatic heterocycles. The summed E-state index contributed by atoms with van der Waals surface area (Å²) in [7, 11) is 1.53. The van der Waals surface area contributed by atoms with Gasteiger partial charge in [-0.3, -0.25) is 9.78 Å². The van der Waals surface area contributed by atoms with Gasteiger partial charge in [-0.25, -0.2) is 13.2 Å². The molecule has 2 aromatic carbocycles. The summed E-state index contributed by atoms with van der Waals surface area (Å²) in [6, 6.07) is 8.60. The van der Waals surface area contributed by atoms with Crippen molar-refractivity contribution < 1.29 is 27.8 Å². The summed E-state index contributed by atoms with van der Waals surface area (Å²) in [6.07, 6.45) is 3.31. The van der Waals surface area contributed by atoms with Crippen LogP contribution in [-0.2, 0) is 17.6 Å². The fourth-order valence-electron chi connectivity index (χ4n) is 3.84. The van der Waals surface area contributed by atoms with Gasteiger partial charge in [0.05, 0.1) is 24.7 Å². The highest BCUT2D eigenvalue weighted by Gasteiger charge is 2.18. The van der Waals surface area contributed by atoms with Crippen LogP contribution in [-0.4, -0.2) is 36.3 Å². The number of pyridine rings is 1. The van der Waals surface area contributed by atoms with E-state index >= 15 is 0 Å². The number of ether oxygens (including phenoxy) is 1. The molecule has 0 spiro atoms. The van der Waals surface area contributed by atoms with E-state index < -0.39 is 29.3 Å². The van der Waals surface area contributed by atoms with Crippen LogP contribution in [0.5, 0.6) is 5.75 Å². The Kier molecular flexibility index (Phi) is 8.65. The molecular weight excluding hydrogens is 433 g/mol. The first-order chi connectivity index (χ1) is 15.9. The van der Waals surface area contributed by atoms with E-state index in [1.807, 2.05) is 0 Å². The lowest BCUT2D eigenvalue weighted by Gasteiger charge is -2.14. The number of fused-ring (bicyclic) bond motifs is 1. The summed E-state index contributed by atoms with van der Waals surface area (Å²) in [4.78, 5) is 15.7. The van der Waals surface area contributed by atoms with Crippen molar-refractivity contribution in [3.63, 3.8) is 0 Å². The second-order valence-corrected chi connectivity index (χ2v) is 7.94. The number of aliphatic carboxylic acids is 1. The van der Waals surface area contributed by atoms with Gasteiger partial charge in [0.1, 0.15) is 23.2 Å². The average Bonchev–Trinajstić information content (AvgIpc) is 2.80. The summed E-state index contributed by atoms with van der Waals surface area (Å²) < 4.78 is 46.5.